The molecule has 3 fully saturated rings. The van der Waals surface area contributed by atoms with Crippen molar-refractivity contribution in [2.75, 3.05) is 25.1 Å². The molecule has 3 amide bonds. The zero-order valence-electron chi connectivity index (χ0n) is 31.5. The average molecular weight is 714 g/mol. The normalized spacial score (nSPS) is 25.0. The number of aryl methyl sites for hydroxylation is 2. The monoisotopic (exact) mass is 713 g/mol. The number of amides is 3. The van der Waals surface area contributed by atoms with E-state index in [0.717, 1.165) is 11.1 Å². The first kappa shape index (κ1) is 38.9. The first-order valence-electron chi connectivity index (χ1n) is 18.5. The van der Waals surface area contributed by atoms with Gasteiger partial charge in [-0.3, -0.25) is 19.2 Å². The van der Waals surface area contributed by atoms with Crippen LogP contribution < -0.4 is 4.90 Å². The van der Waals surface area contributed by atoms with Gasteiger partial charge in [0.05, 0.1) is 36.6 Å². The van der Waals surface area contributed by atoms with Crippen molar-refractivity contribution in [2.45, 2.75) is 103 Å². The highest BCUT2D eigenvalue weighted by atomic mass is 16.6. The van der Waals surface area contributed by atoms with Gasteiger partial charge in [0, 0.05) is 25.7 Å². The molecular formula is C42H55N3O7. The number of anilines is 1. The molecular weight excluding hydrogens is 658 g/mol. The Morgan fingerprint density at radius 2 is 1.81 bits per heavy atom. The molecule has 280 valence electrons. The van der Waals surface area contributed by atoms with Gasteiger partial charge in [0.15, 0.2) is 0 Å². The lowest BCUT2D eigenvalue weighted by molar-refractivity contribution is -0.165. The van der Waals surface area contributed by atoms with Gasteiger partial charge in [-0.1, -0.05) is 68.5 Å². The molecule has 3 aliphatic rings. The summed E-state index contributed by atoms with van der Waals surface area (Å²) in [4.78, 5) is 62.4. The quantitative estimate of drug-likeness (QED) is 0.175. The number of rotatable bonds is 16. The van der Waals surface area contributed by atoms with Crippen molar-refractivity contribution in [3.05, 3.63) is 90.5 Å². The lowest BCUT2D eigenvalue weighted by atomic mass is 9.70. The number of fused-ring (bicyclic) bond motifs is 1. The van der Waals surface area contributed by atoms with Crippen LogP contribution in [0.25, 0.3) is 0 Å². The summed E-state index contributed by atoms with van der Waals surface area (Å²) >= 11 is 0. The molecule has 0 aliphatic carbocycles. The Balaban J connectivity index is 1.55. The minimum atomic E-state index is -1.30. The Labute approximate surface area is 308 Å². The third kappa shape index (κ3) is 7.20. The van der Waals surface area contributed by atoms with Crippen LogP contribution in [-0.4, -0.2) is 88.6 Å². The van der Waals surface area contributed by atoms with Crippen molar-refractivity contribution < 1.29 is 33.8 Å². The first-order valence-corrected chi connectivity index (χ1v) is 18.5. The van der Waals surface area contributed by atoms with Gasteiger partial charge in [0.1, 0.15) is 17.7 Å². The Morgan fingerprint density at radius 1 is 1.10 bits per heavy atom. The number of aliphatic hydroxyl groups is 1. The predicted octanol–water partition coefficient (Wildman–Crippen LogP) is 5.70. The van der Waals surface area contributed by atoms with E-state index in [1.807, 2.05) is 83.1 Å². The predicted molar refractivity (Wildman–Crippen MR) is 200 cm³/mol. The molecule has 1 spiro atoms. The van der Waals surface area contributed by atoms with Gasteiger partial charge < -0.3 is 29.3 Å². The minimum absolute atomic E-state index is 0.109. The van der Waals surface area contributed by atoms with Crippen LogP contribution in [-0.2, 0) is 28.7 Å². The maximum absolute atomic E-state index is 15.1. The van der Waals surface area contributed by atoms with Crippen molar-refractivity contribution >= 4 is 29.4 Å². The average Bonchev–Trinajstić information content (AvgIpc) is 3.78. The fraction of sp³-hybridized carbons (Fsp3) is 0.524. The van der Waals surface area contributed by atoms with Crippen LogP contribution in [0.15, 0.2) is 73.8 Å². The number of allylic oxidation sites excluding steroid dienone is 1. The molecule has 0 radical (unpaired) electrons. The molecule has 0 unspecified atom stereocenters. The SMILES string of the molecule is C=CCCC(=O)N(C)[C@H](C)[C@H](OC(=O)[C@@H]1[C@H]2C(=O)N([C@@H](CO)CC(C)C)[C@H](C(=O)N(CC=C)c3cc(C)ccc3C)[C@]23CC[C@H]1O3)c1ccccc1. The fourth-order valence-corrected chi connectivity index (χ4v) is 8.57. The van der Waals surface area contributed by atoms with Crippen molar-refractivity contribution in [3.63, 3.8) is 0 Å². The Kier molecular flexibility index (Phi) is 12.1. The number of likely N-dealkylation sites (tertiary alicyclic amines) is 1. The number of benzene rings is 2. The van der Waals surface area contributed by atoms with E-state index >= 15 is 4.79 Å². The zero-order valence-corrected chi connectivity index (χ0v) is 31.5. The summed E-state index contributed by atoms with van der Waals surface area (Å²) in [6, 6.07) is 12.9. The molecule has 10 heteroatoms. The summed E-state index contributed by atoms with van der Waals surface area (Å²) in [5.74, 6) is -3.29. The van der Waals surface area contributed by atoms with Crippen molar-refractivity contribution in [1.29, 1.82) is 0 Å². The number of nitrogens with zero attached hydrogens (tertiary/aromatic N) is 3. The van der Waals surface area contributed by atoms with Gasteiger partial charge in [0.25, 0.3) is 5.91 Å². The van der Waals surface area contributed by atoms with Crippen LogP contribution in [0.3, 0.4) is 0 Å². The van der Waals surface area contributed by atoms with E-state index in [2.05, 4.69) is 13.2 Å². The number of carbonyl (C=O) groups is 4. The van der Waals surface area contributed by atoms with Gasteiger partial charge in [-0.2, -0.15) is 0 Å². The molecule has 3 saturated heterocycles. The second-order valence-electron chi connectivity index (χ2n) is 15.1. The minimum Gasteiger partial charge on any atom is -0.455 e. The molecule has 10 nitrogen and oxygen atoms in total. The summed E-state index contributed by atoms with van der Waals surface area (Å²) in [7, 11) is 1.69. The number of carbonyl (C=O) groups excluding carboxylic acids is 4. The second-order valence-corrected chi connectivity index (χ2v) is 15.1. The Hall–Kier alpha value is -4.28. The van der Waals surface area contributed by atoms with Crippen LogP contribution >= 0.6 is 0 Å². The van der Waals surface area contributed by atoms with Crippen molar-refractivity contribution in [1.82, 2.24) is 9.80 Å². The highest BCUT2D eigenvalue weighted by Crippen LogP contribution is 2.59. The molecule has 52 heavy (non-hydrogen) atoms. The molecule has 3 aliphatic heterocycles. The number of hydrogen-bond acceptors (Lipinski definition) is 7. The van der Waals surface area contributed by atoms with Crippen molar-refractivity contribution in [3.8, 4) is 0 Å². The molecule has 1 N–H and O–H groups in total. The second kappa shape index (κ2) is 16.2. The van der Waals surface area contributed by atoms with E-state index in [4.69, 9.17) is 9.47 Å². The third-order valence-corrected chi connectivity index (χ3v) is 11.2. The summed E-state index contributed by atoms with van der Waals surface area (Å²) < 4.78 is 13.1. The molecule has 0 saturated carbocycles. The number of aliphatic hydroxyl groups excluding tert-OH is 1. The molecule has 5 rings (SSSR count). The zero-order chi connectivity index (χ0) is 37.9. The summed E-state index contributed by atoms with van der Waals surface area (Å²) in [5, 5.41) is 10.7. The van der Waals surface area contributed by atoms with Gasteiger partial charge in [-0.25, -0.2) is 0 Å². The standard InChI is InChI=1S/C42H55N3O7/c1-9-11-17-34(47)43(8)29(7)37(30-15-13-12-14-16-30)51-41(50)35-33-20-21-42(52-33)36(35)39(48)45(31(25-46)23-26(3)4)38(42)40(49)44(22-10-2)32-24-27(5)18-19-28(32)6/h9-10,12-16,18-19,24,26,29,31,33,35-38,46H,1-2,11,17,20-23,25H2,3-8H3/t29-,31-,33-,35+,36+,37+,38-,42+/m1/s1. The highest BCUT2D eigenvalue weighted by Gasteiger charge is 2.76. The number of hydrogen-bond donors (Lipinski definition) is 1. The van der Waals surface area contributed by atoms with Gasteiger partial charge in [-0.05, 0) is 75.1 Å². The van der Waals surface area contributed by atoms with E-state index in [9.17, 15) is 19.5 Å². The van der Waals surface area contributed by atoms with E-state index in [0.29, 0.717) is 36.9 Å². The molecule has 8 atom stereocenters. The third-order valence-electron chi connectivity index (χ3n) is 11.2. The van der Waals surface area contributed by atoms with E-state index in [-0.39, 0.29) is 43.2 Å². The smallest absolute Gasteiger partial charge is 0.313 e. The lowest BCUT2D eigenvalue weighted by Gasteiger charge is -2.40. The molecule has 2 bridgehead atoms. The van der Waals surface area contributed by atoms with Crippen LogP contribution in [0.1, 0.15) is 75.7 Å². The van der Waals surface area contributed by atoms with Crippen LogP contribution in [0, 0.1) is 31.6 Å². The topological polar surface area (TPSA) is 117 Å². The Morgan fingerprint density at radius 3 is 2.44 bits per heavy atom. The molecule has 2 aromatic carbocycles. The van der Waals surface area contributed by atoms with E-state index in [1.54, 1.807) is 29.0 Å². The van der Waals surface area contributed by atoms with Crippen LogP contribution in [0.5, 0.6) is 0 Å². The molecule has 3 heterocycles. The van der Waals surface area contributed by atoms with E-state index < -0.39 is 53.7 Å². The maximum atomic E-state index is 15.1. The van der Waals surface area contributed by atoms with Crippen molar-refractivity contribution in [2.24, 2.45) is 17.8 Å². The first-order chi connectivity index (χ1) is 24.8. The molecule has 0 aromatic heterocycles. The lowest BCUT2D eigenvalue weighted by Crippen LogP contribution is -2.59. The maximum Gasteiger partial charge on any atom is 0.313 e. The van der Waals surface area contributed by atoms with Crippen LogP contribution in [0.2, 0.25) is 0 Å². The number of esters is 1. The van der Waals surface area contributed by atoms with Crippen LogP contribution in [0.4, 0.5) is 5.69 Å². The molecule has 2 aromatic rings. The van der Waals surface area contributed by atoms with Gasteiger partial charge >= 0.3 is 5.97 Å². The number of likely N-dealkylation sites (N-methyl/N-ethyl adjacent to an activating group) is 1. The summed E-state index contributed by atoms with van der Waals surface area (Å²) in [6.07, 6.45) is 4.00. The van der Waals surface area contributed by atoms with E-state index in [1.165, 1.54) is 4.90 Å². The van der Waals surface area contributed by atoms with Gasteiger partial charge in [-0.15, -0.1) is 13.2 Å². The Bertz CT molecular complexity index is 1660. The summed E-state index contributed by atoms with van der Waals surface area (Å²) in [5.41, 5.74) is 1.98. The largest absolute Gasteiger partial charge is 0.455 e. The number of ether oxygens (including phenoxy) is 2. The fourth-order valence-electron chi connectivity index (χ4n) is 8.57. The summed E-state index contributed by atoms with van der Waals surface area (Å²) in [6.45, 7) is 17.2. The highest BCUT2D eigenvalue weighted by molar-refractivity contribution is 6.05. The van der Waals surface area contributed by atoms with Gasteiger partial charge in [0.2, 0.25) is 11.8 Å².